The van der Waals surface area contributed by atoms with E-state index >= 15 is 0 Å². The summed E-state index contributed by atoms with van der Waals surface area (Å²) in [6, 6.07) is 7.11. The summed E-state index contributed by atoms with van der Waals surface area (Å²) in [5, 5.41) is 21.2. The summed E-state index contributed by atoms with van der Waals surface area (Å²) < 4.78 is 5.19. The van der Waals surface area contributed by atoms with Gasteiger partial charge in [0.25, 0.3) is 0 Å². The number of aromatic nitrogens is 2. The lowest BCUT2D eigenvalue weighted by atomic mass is 10.1. The number of aromatic carboxylic acids is 1. The summed E-state index contributed by atoms with van der Waals surface area (Å²) in [6.07, 6.45) is 2.51. The number of nitriles is 1. The Morgan fingerprint density at radius 2 is 2.33 bits per heavy atom. The van der Waals surface area contributed by atoms with Gasteiger partial charge in [-0.2, -0.15) is 5.26 Å². The highest BCUT2D eigenvalue weighted by Crippen LogP contribution is 2.28. The average molecular weight is 284 g/mol. The zero-order valence-corrected chi connectivity index (χ0v) is 11.2. The first-order chi connectivity index (χ1) is 10.2. The molecule has 0 aliphatic carbocycles. The maximum absolute atomic E-state index is 11.1. The van der Waals surface area contributed by atoms with E-state index in [4.69, 9.17) is 15.1 Å². The molecule has 0 saturated heterocycles. The minimum atomic E-state index is -1.10. The van der Waals surface area contributed by atoms with Gasteiger partial charge in [0.05, 0.1) is 30.6 Å². The summed E-state index contributed by atoms with van der Waals surface area (Å²) in [7, 11) is 1.50. The van der Waals surface area contributed by atoms with E-state index in [0.717, 1.165) is 0 Å². The molecule has 21 heavy (non-hydrogen) atoms. The van der Waals surface area contributed by atoms with Crippen LogP contribution in [0, 0.1) is 11.3 Å². The first kappa shape index (κ1) is 14.3. The molecule has 2 N–H and O–H groups in total. The normalized spacial score (nSPS) is 9.71. The molecule has 1 aromatic carbocycles. The van der Waals surface area contributed by atoms with E-state index in [9.17, 15) is 4.79 Å². The number of benzene rings is 1. The molecule has 0 aliphatic rings. The van der Waals surface area contributed by atoms with Crippen LogP contribution in [0.1, 0.15) is 21.6 Å². The number of methoxy groups -OCH3 is 1. The van der Waals surface area contributed by atoms with E-state index in [1.807, 2.05) is 0 Å². The Hall–Kier alpha value is -3.14. The van der Waals surface area contributed by atoms with Crippen molar-refractivity contribution in [2.45, 2.75) is 6.54 Å². The van der Waals surface area contributed by atoms with Crippen molar-refractivity contribution in [3.05, 3.63) is 47.5 Å². The second-order valence-corrected chi connectivity index (χ2v) is 4.04. The molecule has 7 heteroatoms. The summed E-state index contributed by atoms with van der Waals surface area (Å²) in [4.78, 5) is 18.7. The predicted octanol–water partition coefficient (Wildman–Crippen LogP) is 1.67. The van der Waals surface area contributed by atoms with Crippen molar-refractivity contribution in [1.29, 1.82) is 5.26 Å². The van der Waals surface area contributed by atoms with Crippen LogP contribution in [-0.4, -0.2) is 28.2 Å². The van der Waals surface area contributed by atoms with Crippen molar-refractivity contribution in [3.63, 3.8) is 0 Å². The van der Waals surface area contributed by atoms with Crippen molar-refractivity contribution < 1.29 is 14.6 Å². The molecule has 0 radical (unpaired) electrons. The van der Waals surface area contributed by atoms with Gasteiger partial charge in [-0.1, -0.05) is 6.07 Å². The van der Waals surface area contributed by atoms with Gasteiger partial charge in [-0.3, -0.25) is 0 Å². The van der Waals surface area contributed by atoms with E-state index in [2.05, 4.69) is 21.4 Å². The molecule has 0 amide bonds. The van der Waals surface area contributed by atoms with Gasteiger partial charge in [-0.15, -0.1) is 0 Å². The number of hydrogen-bond acceptors (Lipinski definition) is 6. The number of carbonyl (C=O) groups is 1. The van der Waals surface area contributed by atoms with Gasteiger partial charge in [-0.05, 0) is 12.1 Å². The zero-order chi connectivity index (χ0) is 15.2. The summed E-state index contributed by atoms with van der Waals surface area (Å²) in [6.45, 7) is 0.138. The van der Waals surface area contributed by atoms with E-state index in [-0.39, 0.29) is 12.1 Å². The van der Waals surface area contributed by atoms with Crippen molar-refractivity contribution in [2.24, 2.45) is 0 Å². The van der Waals surface area contributed by atoms with E-state index in [1.54, 1.807) is 18.2 Å². The van der Waals surface area contributed by atoms with Gasteiger partial charge in [0.15, 0.2) is 0 Å². The van der Waals surface area contributed by atoms with E-state index < -0.39 is 5.97 Å². The minimum Gasteiger partial charge on any atom is -0.495 e. The fourth-order valence-corrected chi connectivity index (χ4v) is 1.82. The molecule has 0 unspecified atom stereocenters. The molecule has 106 valence electrons. The zero-order valence-electron chi connectivity index (χ0n) is 11.2. The SMILES string of the molecule is COc1cccc(C#N)c1NCc1ncncc1C(=O)O. The molecule has 0 fully saturated rings. The third-order valence-electron chi connectivity index (χ3n) is 2.82. The number of hydrogen-bond donors (Lipinski definition) is 2. The molecule has 1 aromatic heterocycles. The smallest absolute Gasteiger partial charge is 0.339 e. The van der Waals surface area contributed by atoms with Crippen LogP contribution in [0.3, 0.4) is 0 Å². The molecule has 0 atom stereocenters. The lowest BCUT2D eigenvalue weighted by Gasteiger charge is -2.13. The first-order valence-electron chi connectivity index (χ1n) is 6.00. The van der Waals surface area contributed by atoms with Gasteiger partial charge in [0, 0.05) is 6.20 Å². The maximum Gasteiger partial charge on any atom is 0.339 e. The third-order valence-corrected chi connectivity index (χ3v) is 2.82. The van der Waals surface area contributed by atoms with Crippen LogP contribution >= 0.6 is 0 Å². The molecule has 1 heterocycles. The topological polar surface area (TPSA) is 108 Å². The van der Waals surface area contributed by atoms with Crippen LogP contribution < -0.4 is 10.1 Å². The molecule has 0 spiro atoms. The molecule has 2 aromatic rings. The van der Waals surface area contributed by atoms with Crippen LogP contribution in [0.2, 0.25) is 0 Å². The quantitative estimate of drug-likeness (QED) is 0.859. The number of rotatable bonds is 5. The Bertz CT molecular complexity index is 710. The van der Waals surface area contributed by atoms with Crippen LogP contribution in [0.25, 0.3) is 0 Å². The Morgan fingerprint density at radius 3 is 3.00 bits per heavy atom. The van der Waals surface area contributed by atoms with Gasteiger partial charge in [0.2, 0.25) is 0 Å². The molecule has 0 saturated carbocycles. The maximum atomic E-state index is 11.1. The van der Waals surface area contributed by atoms with Crippen molar-refractivity contribution in [3.8, 4) is 11.8 Å². The summed E-state index contributed by atoms with van der Waals surface area (Å²) >= 11 is 0. The van der Waals surface area contributed by atoms with Crippen molar-refractivity contribution in [2.75, 3.05) is 12.4 Å². The van der Waals surface area contributed by atoms with Crippen molar-refractivity contribution in [1.82, 2.24) is 9.97 Å². The van der Waals surface area contributed by atoms with Gasteiger partial charge >= 0.3 is 5.97 Å². The monoisotopic (exact) mass is 284 g/mol. The molecule has 2 rings (SSSR count). The Labute approximate surface area is 120 Å². The molecule has 7 nitrogen and oxygen atoms in total. The minimum absolute atomic E-state index is 0.0124. The Morgan fingerprint density at radius 1 is 1.52 bits per heavy atom. The Balaban J connectivity index is 2.29. The predicted molar refractivity (Wildman–Crippen MR) is 74.0 cm³/mol. The summed E-state index contributed by atoms with van der Waals surface area (Å²) in [5.41, 5.74) is 1.24. The fourth-order valence-electron chi connectivity index (χ4n) is 1.82. The average Bonchev–Trinajstić information content (AvgIpc) is 2.52. The summed E-state index contributed by atoms with van der Waals surface area (Å²) in [5.74, 6) is -0.604. The van der Waals surface area contributed by atoms with Crippen LogP contribution in [0.4, 0.5) is 5.69 Å². The van der Waals surface area contributed by atoms with Crippen LogP contribution in [0.5, 0.6) is 5.75 Å². The number of para-hydroxylation sites is 1. The van der Waals surface area contributed by atoms with E-state index in [1.165, 1.54) is 19.6 Å². The molecule has 0 bridgehead atoms. The van der Waals surface area contributed by atoms with Crippen molar-refractivity contribution >= 4 is 11.7 Å². The number of nitrogens with zero attached hydrogens (tertiary/aromatic N) is 3. The van der Waals surface area contributed by atoms with Gasteiger partial charge in [-0.25, -0.2) is 14.8 Å². The fraction of sp³-hybridized carbons (Fsp3) is 0.143. The lowest BCUT2D eigenvalue weighted by Crippen LogP contribution is -2.11. The molecule has 0 aliphatic heterocycles. The Kier molecular flexibility index (Phi) is 4.31. The second kappa shape index (κ2) is 6.34. The highest BCUT2D eigenvalue weighted by molar-refractivity contribution is 5.88. The first-order valence-corrected chi connectivity index (χ1v) is 6.00. The highest BCUT2D eigenvalue weighted by Gasteiger charge is 2.13. The highest BCUT2D eigenvalue weighted by atomic mass is 16.5. The molecular weight excluding hydrogens is 272 g/mol. The number of carboxylic acids is 1. The van der Waals surface area contributed by atoms with Gasteiger partial charge < -0.3 is 15.2 Å². The van der Waals surface area contributed by atoms with Crippen LogP contribution in [0.15, 0.2) is 30.7 Å². The lowest BCUT2D eigenvalue weighted by molar-refractivity contribution is 0.0694. The largest absolute Gasteiger partial charge is 0.495 e. The van der Waals surface area contributed by atoms with Crippen LogP contribution in [-0.2, 0) is 6.54 Å². The third kappa shape index (κ3) is 3.06. The number of carboxylic acid groups (broad SMARTS) is 1. The molecular formula is C14H12N4O3. The standard InChI is InChI=1S/C14H12N4O3/c1-21-12-4-2-3-9(5-15)13(12)17-7-11-10(14(19)20)6-16-8-18-11/h2-4,6,8,17H,7H2,1H3,(H,19,20). The second-order valence-electron chi connectivity index (χ2n) is 4.04. The van der Waals surface area contributed by atoms with Gasteiger partial charge in [0.1, 0.15) is 23.7 Å². The number of nitrogens with one attached hydrogen (secondary N) is 1. The number of ether oxygens (including phenoxy) is 1. The number of anilines is 1. The van der Waals surface area contributed by atoms with E-state index in [0.29, 0.717) is 22.7 Å².